The Morgan fingerprint density at radius 1 is 1.19 bits per heavy atom. The van der Waals surface area contributed by atoms with Gasteiger partial charge >= 0.3 is 0 Å². The van der Waals surface area contributed by atoms with Crippen molar-refractivity contribution < 1.29 is 0 Å². The first-order valence-corrected chi connectivity index (χ1v) is 5.44. The molecule has 0 fully saturated rings. The number of H-pyrrole nitrogens is 1. The zero-order chi connectivity index (χ0) is 11.1. The average Bonchev–Trinajstić information content (AvgIpc) is 2.67. The molecule has 3 aromatic rings. The van der Waals surface area contributed by atoms with Gasteiger partial charge in [-0.3, -0.25) is 5.10 Å². The van der Waals surface area contributed by atoms with Gasteiger partial charge in [-0.25, -0.2) is 0 Å². The Hall–Kier alpha value is -2.03. The van der Waals surface area contributed by atoms with Crippen LogP contribution in [0.25, 0.3) is 21.7 Å². The van der Waals surface area contributed by atoms with Gasteiger partial charge in [0.25, 0.3) is 0 Å². The molecule has 3 rings (SSSR count). The molecule has 0 radical (unpaired) electrons. The zero-order valence-electron chi connectivity index (χ0n) is 9.12. The fraction of sp³-hybridized carbons (Fsp3) is 0.154. The third-order valence-electron chi connectivity index (χ3n) is 3.02. The number of hydrogen-bond donors (Lipinski definition) is 2. The minimum atomic E-state index is 0.566. The van der Waals surface area contributed by atoms with Crippen LogP contribution in [0.2, 0.25) is 0 Å². The van der Waals surface area contributed by atoms with E-state index in [-0.39, 0.29) is 0 Å². The number of benzene rings is 2. The summed E-state index contributed by atoms with van der Waals surface area (Å²) >= 11 is 0. The minimum Gasteiger partial charge on any atom is -0.382 e. The summed E-state index contributed by atoms with van der Waals surface area (Å²) in [6, 6.07) is 10.7. The Kier molecular flexibility index (Phi) is 1.86. The number of rotatable bonds is 1. The molecule has 1 aromatic heterocycles. The van der Waals surface area contributed by atoms with Gasteiger partial charge in [-0.15, -0.1) is 0 Å². The van der Waals surface area contributed by atoms with Crippen molar-refractivity contribution in [3.8, 4) is 0 Å². The molecule has 0 saturated carbocycles. The maximum absolute atomic E-state index is 5.78. The van der Waals surface area contributed by atoms with Crippen LogP contribution in [0.3, 0.4) is 0 Å². The number of fused-ring (bicyclic) bond motifs is 2. The van der Waals surface area contributed by atoms with E-state index in [1.807, 2.05) is 0 Å². The highest BCUT2D eigenvalue weighted by Gasteiger charge is 2.04. The number of nitrogens with zero attached hydrogens (tertiary/aromatic N) is 1. The van der Waals surface area contributed by atoms with Gasteiger partial charge in [-0.2, -0.15) is 5.10 Å². The number of nitrogen functional groups attached to an aromatic ring is 1. The van der Waals surface area contributed by atoms with Gasteiger partial charge in [0.15, 0.2) is 5.82 Å². The fourth-order valence-corrected chi connectivity index (χ4v) is 2.05. The fourth-order valence-electron chi connectivity index (χ4n) is 2.05. The first kappa shape index (κ1) is 9.21. The van der Waals surface area contributed by atoms with Gasteiger partial charge in [0.1, 0.15) is 0 Å². The molecule has 16 heavy (non-hydrogen) atoms. The summed E-state index contributed by atoms with van der Waals surface area (Å²) in [5.74, 6) is 0.566. The van der Waals surface area contributed by atoms with Crippen LogP contribution in [0.5, 0.6) is 0 Å². The highest BCUT2D eigenvalue weighted by atomic mass is 15.1. The second kappa shape index (κ2) is 3.23. The molecule has 1 heterocycles. The van der Waals surface area contributed by atoms with E-state index in [2.05, 4.69) is 47.5 Å². The largest absolute Gasteiger partial charge is 0.382 e. The van der Waals surface area contributed by atoms with Gasteiger partial charge in [-0.1, -0.05) is 25.1 Å². The topological polar surface area (TPSA) is 54.7 Å². The van der Waals surface area contributed by atoms with Crippen LogP contribution in [-0.2, 0) is 6.42 Å². The van der Waals surface area contributed by atoms with Gasteiger partial charge in [-0.05, 0) is 34.9 Å². The SMILES string of the molecule is CCc1ccc2cc3c(N)n[nH]c3cc2c1. The highest BCUT2D eigenvalue weighted by Crippen LogP contribution is 2.25. The Bertz CT molecular complexity index is 667. The maximum Gasteiger partial charge on any atom is 0.153 e. The van der Waals surface area contributed by atoms with Crippen molar-refractivity contribution in [2.45, 2.75) is 13.3 Å². The number of hydrogen-bond acceptors (Lipinski definition) is 2. The summed E-state index contributed by atoms with van der Waals surface area (Å²) in [4.78, 5) is 0. The molecule has 0 aliphatic rings. The van der Waals surface area contributed by atoms with E-state index >= 15 is 0 Å². The van der Waals surface area contributed by atoms with Crippen LogP contribution in [0.4, 0.5) is 5.82 Å². The molecule has 2 aromatic carbocycles. The van der Waals surface area contributed by atoms with Crippen LogP contribution < -0.4 is 5.73 Å². The van der Waals surface area contributed by atoms with Gasteiger partial charge in [0.05, 0.1) is 5.52 Å². The summed E-state index contributed by atoms with van der Waals surface area (Å²) in [5, 5.41) is 10.4. The first-order valence-electron chi connectivity index (χ1n) is 5.44. The molecule has 0 saturated heterocycles. The van der Waals surface area contributed by atoms with E-state index in [1.165, 1.54) is 16.3 Å². The normalized spacial score (nSPS) is 11.3. The summed E-state index contributed by atoms with van der Waals surface area (Å²) in [6.07, 6.45) is 1.05. The standard InChI is InChI=1S/C13H13N3/c1-2-8-3-4-9-6-11-12(7-10(9)5-8)15-16-13(11)14/h3-7H,2H2,1H3,(H3,14,15,16). The second-order valence-corrected chi connectivity index (χ2v) is 4.04. The maximum atomic E-state index is 5.78. The molecule has 0 amide bonds. The lowest BCUT2D eigenvalue weighted by Crippen LogP contribution is -1.84. The molecule has 3 nitrogen and oxygen atoms in total. The lowest BCUT2D eigenvalue weighted by molar-refractivity contribution is 1.13. The molecule has 0 unspecified atom stereocenters. The Morgan fingerprint density at radius 3 is 2.88 bits per heavy atom. The molecule has 0 aliphatic carbocycles. The third kappa shape index (κ3) is 1.25. The monoisotopic (exact) mass is 211 g/mol. The van der Waals surface area contributed by atoms with Crippen LogP contribution in [0, 0.1) is 0 Å². The minimum absolute atomic E-state index is 0.566. The molecule has 3 N–H and O–H groups in total. The number of anilines is 1. The van der Waals surface area contributed by atoms with E-state index in [0.717, 1.165) is 17.3 Å². The molecular weight excluding hydrogens is 198 g/mol. The third-order valence-corrected chi connectivity index (χ3v) is 3.02. The van der Waals surface area contributed by atoms with Crippen molar-refractivity contribution in [1.29, 1.82) is 0 Å². The van der Waals surface area contributed by atoms with E-state index < -0.39 is 0 Å². The number of aryl methyl sites for hydroxylation is 1. The number of nitrogens with one attached hydrogen (secondary N) is 1. The van der Waals surface area contributed by atoms with Crippen molar-refractivity contribution in [3.63, 3.8) is 0 Å². The molecule has 0 spiro atoms. The van der Waals surface area contributed by atoms with Crippen molar-refractivity contribution in [2.24, 2.45) is 0 Å². The second-order valence-electron chi connectivity index (χ2n) is 4.04. The van der Waals surface area contributed by atoms with Crippen LogP contribution >= 0.6 is 0 Å². The van der Waals surface area contributed by atoms with Gasteiger partial charge in [0, 0.05) is 5.39 Å². The summed E-state index contributed by atoms with van der Waals surface area (Å²) in [6.45, 7) is 2.16. The quantitative estimate of drug-likeness (QED) is 0.650. The summed E-state index contributed by atoms with van der Waals surface area (Å²) in [5.41, 5.74) is 8.13. The van der Waals surface area contributed by atoms with E-state index in [9.17, 15) is 0 Å². The van der Waals surface area contributed by atoms with Crippen LogP contribution in [-0.4, -0.2) is 10.2 Å². The highest BCUT2D eigenvalue weighted by molar-refractivity contribution is 6.00. The smallest absolute Gasteiger partial charge is 0.153 e. The molecular formula is C13H13N3. The van der Waals surface area contributed by atoms with Crippen molar-refractivity contribution in [3.05, 3.63) is 35.9 Å². The molecule has 0 atom stereocenters. The van der Waals surface area contributed by atoms with Gasteiger partial charge in [0.2, 0.25) is 0 Å². The van der Waals surface area contributed by atoms with E-state index in [4.69, 9.17) is 5.73 Å². The molecule has 3 heteroatoms. The van der Waals surface area contributed by atoms with E-state index in [1.54, 1.807) is 0 Å². The first-order chi connectivity index (χ1) is 7.78. The molecule has 80 valence electrons. The molecule has 0 aliphatic heterocycles. The van der Waals surface area contributed by atoms with Crippen molar-refractivity contribution in [2.75, 3.05) is 5.73 Å². The van der Waals surface area contributed by atoms with E-state index in [0.29, 0.717) is 5.82 Å². The summed E-state index contributed by atoms with van der Waals surface area (Å²) < 4.78 is 0. The van der Waals surface area contributed by atoms with Crippen LogP contribution in [0.15, 0.2) is 30.3 Å². The lowest BCUT2D eigenvalue weighted by Gasteiger charge is -2.01. The predicted molar refractivity (Wildman–Crippen MR) is 67.4 cm³/mol. The number of aromatic amines is 1. The van der Waals surface area contributed by atoms with Crippen molar-refractivity contribution in [1.82, 2.24) is 10.2 Å². The van der Waals surface area contributed by atoms with Crippen LogP contribution in [0.1, 0.15) is 12.5 Å². The number of aromatic nitrogens is 2. The average molecular weight is 211 g/mol. The number of nitrogens with two attached hydrogens (primary N) is 1. The predicted octanol–water partition coefficient (Wildman–Crippen LogP) is 2.86. The lowest BCUT2D eigenvalue weighted by atomic mass is 10.0. The Balaban J connectivity index is 2.38. The zero-order valence-corrected chi connectivity index (χ0v) is 9.12. The Labute approximate surface area is 93.3 Å². The van der Waals surface area contributed by atoms with Gasteiger partial charge < -0.3 is 5.73 Å². The summed E-state index contributed by atoms with van der Waals surface area (Å²) in [7, 11) is 0. The van der Waals surface area contributed by atoms with Crippen molar-refractivity contribution >= 4 is 27.5 Å². The Morgan fingerprint density at radius 2 is 2.06 bits per heavy atom. The molecule has 0 bridgehead atoms.